The number of hydrogen-bond acceptors (Lipinski definition) is 8. The van der Waals surface area contributed by atoms with E-state index in [1.165, 1.54) is 6.92 Å². The smallest absolute Gasteiger partial charge is 0.293 e. The first kappa shape index (κ1) is 21.1. The van der Waals surface area contributed by atoms with Crippen LogP contribution >= 0.6 is 0 Å². The van der Waals surface area contributed by atoms with E-state index in [1.54, 1.807) is 20.8 Å². The Morgan fingerprint density at radius 2 is 1.76 bits per heavy atom. The molecule has 8 heteroatoms. The minimum Gasteiger partial charge on any atom is -0.507 e. The lowest BCUT2D eigenvalue weighted by molar-refractivity contribution is -0.156. The van der Waals surface area contributed by atoms with E-state index in [2.05, 4.69) is 0 Å². The van der Waals surface area contributed by atoms with Crippen LogP contribution in [-0.4, -0.2) is 51.2 Å². The number of carbonyl (C=O) groups is 3. The Morgan fingerprint density at radius 1 is 1.14 bits per heavy atom. The van der Waals surface area contributed by atoms with Gasteiger partial charge < -0.3 is 25.2 Å². The number of Topliss-reactive ketones (excluding diaryl/α,β-unsaturated/α-hetero) is 2. The van der Waals surface area contributed by atoms with Crippen molar-refractivity contribution in [3.05, 3.63) is 16.7 Å². The standard InChI is InChI=1S/C21H26O8/c1-9(7-22)11-14(24)12-13(17(27)15(11)25)21(4)6-5-10(29-8-23)20(2,3)19(21)18(28)16(12)26/h8-10,19,22,24-25,27H,5-7H2,1-4H3/t9-,10-,19+,21-/m1/s1. The summed E-state index contributed by atoms with van der Waals surface area (Å²) < 4.78 is 5.17. The molecule has 0 aromatic heterocycles. The predicted molar refractivity (Wildman–Crippen MR) is 101 cm³/mol. The van der Waals surface area contributed by atoms with Gasteiger partial charge in [0.05, 0.1) is 5.56 Å². The van der Waals surface area contributed by atoms with E-state index in [1.807, 2.05) is 0 Å². The normalized spacial score (nSPS) is 29.0. The second-order valence-corrected chi connectivity index (χ2v) is 8.92. The summed E-state index contributed by atoms with van der Waals surface area (Å²) in [5.74, 6) is -5.21. The molecule has 0 bridgehead atoms. The van der Waals surface area contributed by atoms with E-state index >= 15 is 0 Å². The number of rotatable bonds is 4. The van der Waals surface area contributed by atoms with Gasteiger partial charge in [0.15, 0.2) is 11.5 Å². The van der Waals surface area contributed by atoms with Crippen LogP contribution in [0.1, 0.15) is 67.9 Å². The molecule has 2 aliphatic carbocycles. The van der Waals surface area contributed by atoms with E-state index in [0.29, 0.717) is 12.9 Å². The summed E-state index contributed by atoms with van der Waals surface area (Å²) in [4.78, 5) is 37.1. The summed E-state index contributed by atoms with van der Waals surface area (Å²) in [6.07, 6.45) is 0.0527. The number of carbonyl (C=O) groups excluding carboxylic acids is 3. The van der Waals surface area contributed by atoms with Crippen LogP contribution < -0.4 is 0 Å². The highest BCUT2D eigenvalue weighted by molar-refractivity contribution is 6.47. The van der Waals surface area contributed by atoms with E-state index in [9.17, 15) is 34.8 Å². The number of aliphatic hydroxyl groups excluding tert-OH is 1. The molecule has 0 unspecified atom stereocenters. The fraction of sp³-hybridized carbons (Fsp3) is 0.571. The third kappa shape index (κ3) is 2.65. The molecule has 1 fully saturated rings. The number of aliphatic hydroxyl groups is 1. The molecule has 158 valence electrons. The average molecular weight is 406 g/mol. The number of phenolic OH excluding ortho intramolecular Hbond substituents is 3. The molecule has 3 rings (SSSR count). The first-order valence-electron chi connectivity index (χ1n) is 9.54. The van der Waals surface area contributed by atoms with Crippen molar-refractivity contribution in [1.29, 1.82) is 0 Å². The molecule has 0 radical (unpaired) electrons. The van der Waals surface area contributed by atoms with Gasteiger partial charge in [-0.05, 0) is 12.8 Å². The number of ether oxygens (including phenoxy) is 1. The lowest BCUT2D eigenvalue weighted by Crippen LogP contribution is -2.59. The Bertz CT molecular complexity index is 903. The highest BCUT2D eigenvalue weighted by Crippen LogP contribution is 2.61. The average Bonchev–Trinajstić information content (AvgIpc) is 2.65. The van der Waals surface area contributed by atoms with Crippen molar-refractivity contribution in [2.24, 2.45) is 11.3 Å². The van der Waals surface area contributed by atoms with E-state index in [4.69, 9.17) is 4.74 Å². The van der Waals surface area contributed by atoms with Crippen LogP contribution in [0.15, 0.2) is 0 Å². The molecule has 1 saturated carbocycles. The third-order valence-corrected chi connectivity index (χ3v) is 6.87. The van der Waals surface area contributed by atoms with Crippen LogP contribution in [0.25, 0.3) is 0 Å². The van der Waals surface area contributed by atoms with E-state index < -0.39 is 64.2 Å². The van der Waals surface area contributed by atoms with Gasteiger partial charge in [-0.2, -0.15) is 0 Å². The van der Waals surface area contributed by atoms with Crippen molar-refractivity contribution >= 4 is 18.0 Å². The van der Waals surface area contributed by atoms with Crippen molar-refractivity contribution in [3.8, 4) is 17.2 Å². The molecule has 1 aromatic rings. The van der Waals surface area contributed by atoms with Gasteiger partial charge in [-0.15, -0.1) is 0 Å². The molecule has 8 nitrogen and oxygen atoms in total. The van der Waals surface area contributed by atoms with Gasteiger partial charge in [-0.25, -0.2) is 0 Å². The molecule has 29 heavy (non-hydrogen) atoms. The molecular formula is C21H26O8. The molecule has 0 heterocycles. The maximum atomic E-state index is 13.2. The highest BCUT2D eigenvalue weighted by Gasteiger charge is 2.62. The minimum atomic E-state index is -1.08. The van der Waals surface area contributed by atoms with Crippen LogP contribution in [0.4, 0.5) is 0 Å². The first-order chi connectivity index (χ1) is 13.4. The highest BCUT2D eigenvalue weighted by atomic mass is 16.5. The zero-order valence-corrected chi connectivity index (χ0v) is 16.9. The number of ketones is 2. The Labute approximate surface area is 168 Å². The fourth-order valence-corrected chi connectivity index (χ4v) is 5.48. The van der Waals surface area contributed by atoms with Gasteiger partial charge >= 0.3 is 0 Å². The Balaban J connectivity index is 2.34. The molecular weight excluding hydrogens is 380 g/mol. The molecule has 0 amide bonds. The number of hydrogen-bond donors (Lipinski definition) is 4. The zero-order chi connectivity index (χ0) is 21.9. The first-order valence-corrected chi connectivity index (χ1v) is 9.54. The molecule has 0 aliphatic heterocycles. The lowest BCUT2D eigenvalue weighted by Gasteiger charge is -2.54. The van der Waals surface area contributed by atoms with Crippen molar-refractivity contribution < 1.29 is 39.5 Å². The summed E-state index contributed by atoms with van der Waals surface area (Å²) in [5.41, 5.74) is -2.48. The Morgan fingerprint density at radius 3 is 2.31 bits per heavy atom. The topological polar surface area (TPSA) is 141 Å². The van der Waals surface area contributed by atoms with Crippen molar-refractivity contribution in [1.82, 2.24) is 0 Å². The third-order valence-electron chi connectivity index (χ3n) is 6.87. The van der Waals surface area contributed by atoms with E-state index in [0.717, 1.165) is 0 Å². The summed E-state index contributed by atoms with van der Waals surface area (Å²) in [6, 6.07) is 0. The lowest BCUT2D eigenvalue weighted by atomic mass is 9.48. The summed E-state index contributed by atoms with van der Waals surface area (Å²) in [6.45, 7) is 6.52. The van der Waals surface area contributed by atoms with Gasteiger partial charge in [-0.3, -0.25) is 14.4 Å². The zero-order valence-electron chi connectivity index (χ0n) is 16.9. The summed E-state index contributed by atoms with van der Waals surface area (Å²) >= 11 is 0. The van der Waals surface area contributed by atoms with Gasteiger partial charge in [0.2, 0.25) is 11.6 Å². The van der Waals surface area contributed by atoms with Crippen LogP contribution in [0.2, 0.25) is 0 Å². The molecule has 2 aliphatic rings. The number of benzene rings is 1. The van der Waals surface area contributed by atoms with Crippen molar-refractivity contribution in [3.63, 3.8) is 0 Å². The number of fused-ring (bicyclic) bond motifs is 3. The predicted octanol–water partition coefficient (Wildman–Crippen LogP) is 1.90. The largest absolute Gasteiger partial charge is 0.507 e. The Kier molecular flexibility index (Phi) is 4.89. The molecule has 4 atom stereocenters. The van der Waals surface area contributed by atoms with Crippen LogP contribution in [0.5, 0.6) is 17.2 Å². The van der Waals surface area contributed by atoms with Gasteiger partial charge in [-0.1, -0.05) is 27.7 Å². The van der Waals surface area contributed by atoms with Crippen molar-refractivity contribution in [2.45, 2.75) is 58.0 Å². The fourth-order valence-electron chi connectivity index (χ4n) is 5.48. The molecule has 4 N–H and O–H groups in total. The van der Waals surface area contributed by atoms with Crippen LogP contribution in [0, 0.1) is 11.3 Å². The SMILES string of the molecule is C[C@H](CO)c1c(O)c(O)c2c(c1O)C(=O)C(=O)[C@H]1C(C)(C)[C@H](OC=O)CC[C@]21C. The minimum absolute atomic E-state index is 0.0219. The maximum absolute atomic E-state index is 13.2. The number of phenols is 3. The van der Waals surface area contributed by atoms with Crippen LogP contribution in [0.3, 0.4) is 0 Å². The van der Waals surface area contributed by atoms with Gasteiger partial charge in [0.25, 0.3) is 6.47 Å². The molecule has 1 aromatic carbocycles. The van der Waals surface area contributed by atoms with Gasteiger partial charge in [0.1, 0.15) is 11.9 Å². The summed E-state index contributed by atoms with van der Waals surface area (Å²) in [7, 11) is 0. The van der Waals surface area contributed by atoms with Gasteiger partial charge in [0, 0.05) is 40.4 Å². The molecule has 0 saturated heterocycles. The second kappa shape index (κ2) is 6.73. The van der Waals surface area contributed by atoms with Crippen molar-refractivity contribution in [2.75, 3.05) is 6.61 Å². The maximum Gasteiger partial charge on any atom is 0.293 e. The number of aromatic hydroxyl groups is 3. The Hall–Kier alpha value is -2.61. The monoisotopic (exact) mass is 406 g/mol. The van der Waals surface area contributed by atoms with E-state index in [-0.39, 0.29) is 23.1 Å². The van der Waals surface area contributed by atoms with Crippen LogP contribution in [-0.2, 0) is 19.7 Å². The summed E-state index contributed by atoms with van der Waals surface area (Å²) in [5, 5.41) is 41.6. The second-order valence-electron chi connectivity index (χ2n) is 8.92. The quantitative estimate of drug-likeness (QED) is 0.257. The molecule has 0 spiro atoms.